The molecule has 1 aromatic carbocycles. The molecule has 1 aliphatic heterocycles. The van der Waals surface area contributed by atoms with Crippen LogP contribution in [-0.4, -0.2) is 44.8 Å². The van der Waals surface area contributed by atoms with E-state index in [1.54, 1.807) is 12.1 Å². The van der Waals surface area contributed by atoms with E-state index in [-0.39, 0.29) is 18.4 Å². The summed E-state index contributed by atoms with van der Waals surface area (Å²) < 4.78 is 27.3. The first-order valence-electron chi connectivity index (χ1n) is 9.41. The highest BCUT2D eigenvalue weighted by molar-refractivity contribution is 7.89. The van der Waals surface area contributed by atoms with Gasteiger partial charge in [0.25, 0.3) is 0 Å². The average molecular weight is 382 g/mol. The van der Waals surface area contributed by atoms with Crippen molar-refractivity contribution in [2.45, 2.75) is 44.4 Å². The Morgan fingerprint density at radius 2 is 2.00 bits per heavy atom. The molecule has 1 unspecified atom stereocenters. The zero-order valence-electron chi connectivity index (χ0n) is 15.8. The highest BCUT2D eigenvalue weighted by Gasteiger charge is 2.33. The predicted molar refractivity (Wildman–Crippen MR) is 103 cm³/mol. The summed E-state index contributed by atoms with van der Waals surface area (Å²) >= 11 is 0. The lowest BCUT2D eigenvalue weighted by atomic mass is 9.99. The summed E-state index contributed by atoms with van der Waals surface area (Å²) in [4.78, 5) is 12.4. The van der Waals surface area contributed by atoms with Crippen molar-refractivity contribution in [3.63, 3.8) is 0 Å². The summed E-state index contributed by atoms with van der Waals surface area (Å²) in [6.07, 6.45) is 3.42. The number of hydrogen-bond donors (Lipinski definition) is 2. The Morgan fingerprint density at radius 1 is 1.31 bits per heavy atom. The smallest absolute Gasteiger partial charge is 0.243 e. The summed E-state index contributed by atoms with van der Waals surface area (Å²) in [5.41, 5.74) is 6.56. The molecule has 146 valence electrons. The van der Waals surface area contributed by atoms with Crippen LogP contribution in [0.3, 0.4) is 0 Å². The Hall–Kier alpha value is -1.44. The molecule has 26 heavy (non-hydrogen) atoms. The number of nitrogens with two attached hydrogens (primary N) is 1. The highest BCUT2D eigenvalue weighted by atomic mass is 32.2. The highest BCUT2D eigenvalue weighted by Crippen LogP contribution is 2.24. The van der Waals surface area contributed by atoms with Crippen molar-refractivity contribution < 1.29 is 13.2 Å². The van der Waals surface area contributed by atoms with E-state index in [4.69, 9.17) is 5.73 Å². The number of aryl methyl sites for hydroxylation is 1. The second-order valence-electron chi connectivity index (χ2n) is 7.36. The van der Waals surface area contributed by atoms with Gasteiger partial charge in [-0.2, -0.15) is 4.31 Å². The molecule has 1 atom stereocenters. The summed E-state index contributed by atoms with van der Waals surface area (Å²) in [7, 11) is -3.57. The Balaban J connectivity index is 2.05. The van der Waals surface area contributed by atoms with Gasteiger partial charge in [0.2, 0.25) is 15.9 Å². The molecule has 1 amide bonds. The van der Waals surface area contributed by atoms with Crippen LogP contribution in [0.5, 0.6) is 0 Å². The predicted octanol–water partition coefficient (Wildman–Crippen LogP) is 1.75. The van der Waals surface area contributed by atoms with Crippen LogP contribution in [0, 0.1) is 11.8 Å². The molecule has 1 aromatic rings. The SMILES string of the molecule is CC(C)CCc1ccc(S(=O)(=O)N2CCCC(C(=O)NCCN)C2)cc1. The third-order valence-electron chi connectivity index (χ3n) is 4.77. The summed E-state index contributed by atoms with van der Waals surface area (Å²) in [6, 6.07) is 7.15. The van der Waals surface area contributed by atoms with Crippen molar-refractivity contribution in [3.05, 3.63) is 29.8 Å². The number of rotatable bonds is 8. The number of amides is 1. The van der Waals surface area contributed by atoms with Crippen molar-refractivity contribution >= 4 is 15.9 Å². The number of carbonyl (C=O) groups excluding carboxylic acids is 1. The van der Waals surface area contributed by atoms with Crippen molar-refractivity contribution in [1.29, 1.82) is 0 Å². The molecule has 0 saturated carbocycles. The van der Waals surface area contributed by atoms with Crippen molar-refractivity contribution in [1.82, 2.24) is 9.62 Å². The second kappa shape index (κ2) is 9.48. The maximum absolute atomic E-state index is 12.9. The molecule has 0 spiro atoms. The molecular formula is C19H31N3O3S. The number of nitrogens with one attached hydrogen (secondary N) is 1. The molecule has 1 heterocycles. The number of piperidine rings is 1. The van der Waals surface area contributed by atoms with E-state index in [9.17, 15) is 13.2 Å². The first kappa shape index (κ1) is 20.9. The second-order valence-corrected chi connectivity index (χ2v) is 9.30. The number of nitrogens with zero attached hydrogens (tertiary/aromatic N) is 1. The number of benzene rings is 1. The van der Waals surface area contributed by atoms with Crippen LogP contribution in [0.4, 0.5) is 0 Å². The van der Waals surface area contributed by atoms with Gasteiger partial charge in [-0.05, 0) is 49.3 Å². The van der Waals surface area contributed by atoms with Gasteiger partial charge < -0.3 is 11.1 Å². The first-order chi connectivity index (χ1) is 12.3. The van der Waals surface area contributed by atoms with E-state index in [0.717, 1.165) is 18.4 Å². The summed E-state index contributed by atoms with van der Waals surface area (Å²) in [6.45, 7) is 5.83. The van der Waals surface area contributed by atoms with Gasteiger partial charge in [0.1, 0.15) is 0 Å². The standard InChI is InChI=1S/C19H31N3O3S/c1-15(2)5-6-16-7-9-18(10-8-16)26(24,25)22-13-3-4-17(14-22)19(23)21-12-11-20/h7-10,15,17H,3-6,11-14,20H2,1-2H3,(H,21,23). The fourth-order valence-electron chi connectivity index (χ4n) is 3.15. The minimum absolute atomic E-state index is 0.112. The van der Waals surface area contributed by atoms with E-state index >= 15 is 0 Å². The largest absolute Gasteiger partial charge is 0.355 e. The maximum atomic E-state index is 12.9. The monoisotopic (exact) mass is 381 g/mol. The number of sulfonamides is 1. The third kappa shape index (κ3) is 5.53. The van der Waals surface area contributed by atoms with E-state index < -0.39 is 10.0 Å². The van der Waals surface area contributed by atoms with Gasteiger partial charge in [0.15, 0.2) is 0 Å². The molecule has 6 nitrogen and oxygen atoms in total. The van der Waals surface area contributed by atoms with Crippen molar-refractivity contribution in [3.8, 4) is 0 Å². The van der Waals surface area contributed by atoms with Crippen LogP contribution in [0.2, 0.25) is 0 Å². The Morgan fingerprint density at radius 3 is 2.62 bits per heavy atom. The molecule has 0 bridgehead atoms. The van der Waals surface area contributed by atoms with Gasteiger partial charge >= 0.3 is 0 Å². The molecule has 0 aliphatic carbocycles. The molecule has 1 fully saturated rings. The third-order valence-corrected chi connectivity index (χ3v) is 6.65. The van der Waals surface area contributed by atoms with Gasteiger partial charge in [-0.3, -0.25) is 4.79 Å². The average Bonchev–Trinajstić information content (AvgIpc) is 2.64. The first-order valence-corrected chi connectivity index (χ1v) is 10.9. The molecular weight excluding hydrogens is 350 g/mol. The zero-order chi connectivity index (χ0) is 19.2. The van der Waals surface area contributed by atoms with Crippen molar-refractivity contribution in [2.75, 3.05) is 26.2 Å². The van der Waals surface area contributed by atoms with E-state index in [0.29, 0.717) is 43.3 Å². The van der Waals surface area contributed by atoms with E-state index in [1.165, 1.54) is 4.31 Å². The fraction of sp³-hybridized carbons (Fsp3) is 0.632. The van der Waals surface area contributed by atoms with E-state index in [2.05, 4.69) is 19.2 Å². The topological polar surface area (TPSA) is 92.5 Å². The van der Waals surface area contributed by atoms with Crippen LogP contribution < -0.4 is 11.1 Å². The fourth-order valence-corrected chi connectivity index (χ4v) is 4.67. The lowest BCUT2D eigenvalue weighted by molar-refractivity contribution is -0.126. The van der Waals surface area contributed by atoms with Gasteiger partial charge in [-0.25, -0.2) is 8.42 Å². The molecule has 1 aliphatic rings. The molecule has 0 radical (unpaired) electrons. The van der Waals surface area contributed by atoms with Crippen LogP contribution in [0.15, 0.2) is 29.2 Å². The van der Waals surface area contributed by atoms with Gasteiger partial charge in [-0.1, -0.05) is 26.0 Å². The molecule has 1 saturated heterocycles. The van der Waals surface area contributed by atoms with E-state index in [1.807, 2.05) is 12.1 Å². The number of carbonyl (C=O) groups is 1. The van der Waals surface area contributed by atoms with Crippen LogP contribution in [0.25, 0.3) is 0 Å². The number of hydrogen-bond acceptors (Lipinski definition) is 4. The van der Waals surface area contributed by atoms with Gasteiger partial charge in [0, 0.05) is 26.2 Å². The lowest BCUT2D eigenvalue weighted by Gasteiger charge is -2.31. The Labute approximate surface area is 157 Å². The van der Waals surface area contributed by atoms with Crippen LogP contribution in [0.1, 0.15) is 38.7 Å². The lowest BCUT2D eigenvalue weighted by Crippen LogP contribution is -2.46. The Bertz CT molecular complexity index is 686. The zero-order valence-corrected chi connectivity index (χ0v) is 16.6. The quantitative estimate of drug-likeness (QED) is 0.717. The van der Waals surface area contributed by atoms with Crippen molar-refractivity contribution in [2.24, 2.45) is 17.6 Å². The summed E-state index contributed by atoms with van der Waals surface area (Å²) in [5.74, 6) is 0.198. The molecule has 3 N–H and O–H groups in total. The normalized spacial score (nSPS) is 18.8. The van der Waals surface area contributed by atoms with Crippen LogP contribution in [-0.2, 0) is 21.2 Å². The van der Waals surface area contributed by atoms with Crippen LogP contribution >= 0.6 is 0 Å². The van der Waals surface area contributed by atoms with Gasteiger partial charge in [-0.15, -0.1) is 0 Å². The maximum Gasteiger partial charge on any atom is 0.243 e. The molecule has 2 rings (SSSR count). The summed E-state index contributed by atoms with van der Waals surface area (Å²) in [5, 5.41) is 2.76. The van der Waals surface area contributed by atoms with Gasteiger partial charge in [0.05, 0.1) is 10.8 Å². The minimum Gasteiger partial charge on any atom is -0.355 e. The Kier molecular flexibility index (Phi) is 7.61. The molecule has 7 heteroatoms. The minimum atomic E-state index is -3.57. The molecule has 0 aromatic heterocycles.